The number of hydrogen-bond acceptors (Lipinski definition) is 2. The maximum Gasteiger partial charge on any atom is 0.170 e. The standard InChI is InChI=1S/C11H10ClFOS/c1-15-8-5-4-7(12)9(10(8)13)11(14)6-2-3-6/h4-6H,2-3H2,1H3. The third-order valence-corrected chi connectivity index (χ3v) is 3.54. The van der Waals surface area contributed by atoms with Gasteiger partial charge in [-0.25, -0.2) is 4.39 Å². The van der Waals surface area contributed by atoms with Crippen molar-refractivity contribution in [2.45, 2.75) is 17.7 Å². The molecule has 0 spiro atoms. The zero-order valence-corrected chi connectivity index (χ0v) is 9.79. The molecule has 0 N–H and O–H groups in total. The summed E-state index contributed by atoms with van der Waals surface area (Å²) >= 11 is 7.14. The average Bonchev–Trinajstić information content (AvgIpc) is 3.01. The van der Waals surface area contributed by atoms with Gasteiger partial charge in [-0.15, -0.1) is 11.8 Å². The van der Waals surface area contributed by atoms with Gasteiger partial charge in [0.25, 0.3) is 0 Å². The lowest BCUT2D eigenvalue weighted by molar-refractivity contribution is 0.0963. The number of hydrogen-bond donors (Lipinski definition) is 0. The smallest absolute Gasteiger partial charge is 0.170 e. The number of carbonyl (C=O) groups excluding carboxylic acids is 1. The van der Waals surface area contributed by atoms with E-state index in [2.05, 4.69) is 0 Å². The highest BCUT2D eigenvalue weighted by atomic mass is 35.5. The normalized spacial score (nSPS) is 15.4. The summed E-state index contributed by atoms with van der Waals surface area (Å²) in [6.07, 6.45) is 3.49. The van der Waals surface area contributed by atoms with E-state index in [1.165, 1.54) is 11.8 Å². The van der Waals surface area contributed by atoms with Crippen LogP contribution in [0.4, 0.5) is 4.39 Å². The largest absolute Gasteiger partial charge is 0.294 e. The fraction of sp³-hybridized carbons (Fsp3) is 0.364. The van der Waals surface area contributed by atoms with Crippen molar-refractivity contribution >= 4 is 29.1 Å². The molecule has 15 heavy (non-hydrogen) atoms. The van der Waals surface area contributed by atoms with Crippen molar-refractivity contribution in [3.05, 3.63) is 28.5 Å². The van der Waals surface area contributed by atoms with Crippen molar-refractivity contribution in [2.24, 2.45) is 5.92 Å². The lowest BCUT2D eigenvalue weighted by atomic mass is 10.1. The quantitative estimate of drug-likeness (QED) is 0.594. The molecular formula is C11H10ClFOS. The number of benzene rings is 1. The maximum atomic E-state index is 13.8. The van der Waals surface area contributed by atoms with Crippen LogP contribution >= 0.6 is 23.4 Å². The molecule has 1 aliphatic rings. The van der Waals surface area contributed by atoms with Crippen molar-refractivity contribution in [3.8, 4) is 0 Å². The van der Waals surface area contributed by atoms with Gasteiger partial charge in [0.05, 0.1) is 10.6 Å². The van der Waals surface area contributed by atoms with Crippen LogP contribution < -0.4 is 0 Å². The second kappa shape index (κ2) is 4.14. The van der Waals surface area contributed by atoms with Crippen LogP contribution in [0.3, 0.4) is 0 Å². The van der Waals surface area contributed by atoms with Gasteiger partial charge < -0.3 is 0 Å². The molecule has 0 unspecified atom stereocenters. The van der Waals surface area contributed by atoms with E-state index >= 15 is 0 Å². The van der Waals surface area contributed by atoms with Gasteiger partial charge in [0, 0.05) is 10.8 Å². The van der Waals surface area contributed by atoms with Crippen molar-refractivity contribution in [3.63, 3.8) is 0 Å². The Morgan fingerprint density at radius 2 is 2.20 bits per heavy atom. The number of rotatable bonds is 3. The van der Waals surface area contributed by atoms with E-state index in [0.717, 1.165) is 12.8 Å². The van der Waals surface area contributed by atoms with Crippen molar-refractivity contribution in [2.75, 3.05) is 6.26 Å². The van der Waals surface area contributed by atoms with Gasteiger partial charge in [0.2, 0.25) is 0 Å². The Bertz CT molecular complexity index is 415. The molecule has 1 saturated carbocycles. The van der Waals surface area contributed by atoms with Gasteiger partial charge in [0.1, 0.15) is 5.82 Å². The summed E-state index contributed by atoms with van der Waals surface area (Å²) in [6.45, 7) is 0. The van der Waals surface area contributed by atoms with Crippen LogP contribution in [0.25, 0.3) is 0 Å². The number of halogens is 2. The molecule has 1 aromatic rings. The molecule has 1 aromatic carbocycles. The van der Waals surface area contributed by atoms with E-state index in [4.69, 9.17) is 11.6 Å². The molecule has 80 valence electrons. The van der Waals surface area contributed by atoms with Gasteiger partial charge in [-0.2, -0.15) is 0 Å². The molecule has 0 bridgehead atoms. The predicted octanol–water partition coefficient (Wildman–Crippen LogP) is 3.79. The molecule has 0 aliphatic heterocycles. The SMILES string of the molecule is CSc1ccc(Cl)c(C(=O)C2CC2)c1F. The summed E-state index contributed by atoms with van der Waals surface area (Å²) in [5.74, 6) is -0.616. The fourth-order valence-corrected chi connectivity index (χ4v) is 2.19. The second-order valence-electron chi connectivity index (χ2n) is 3.58. The maximum absolute atomic E-state index is 13.8. The lowest BCUT2D eigenvalue weighted by Gasteiger charge is -2.07. The third-order valence-electron chi connectivity index (χ3n) is 2.47. The molecule has 1 nitrogen and oxygen atoms in total. The van der Waals surface area contributed by atoms with Gasteiger partial charge >= 0.3 is 0 Å². The zero-order chi connectivity index (χ0) is 11.0. The number of thioether (sulfide) groups is 1. The van der Waals surface area contributed by atoms with Crippen LogP contribution in [0, 0.1) is 11.7 Å². The van der Waals surface area contributed by atoms with E-state index in [1.54, 1.807) is 18.4 Å². The first-order valence-corrected chi connectivity index (χ1v) is 6.31. The monoisotopic (exact) mass is 244 g/mol. The molecule has 1 fully saturated rings. The molecular weight excluding hydrogens is 235 g/mol. The summed E-state index contributed by atoms with van der Waals surface area (Å²) in [7, 11) is 0. The lowest BCUT2D eigenvalue weighted by Crippen LogP contribution is -2.06. The Morgan fingerprint density at radius 3 is 2.73 bits per heavy atom. The van der Waals surface area contributed by atoms with Gasteiger partial charge in [-0.3, -0.25) is 4.79 Å². The molecule has 0 atom stereocenters. The summed E-state index contributed by atoms with van der Waals surface area (Å²) in [4.78, 5) is 12.3. The van der Waals surface area contributed by atoms with Crippen molar-refractivity contribution in [1.29, 1.82) is 0 Å². The van der Waals surface area contributed by atoms with E-state index in [-0.39, 0.29) is 22.3 Å². The Balaban J connectivity index is 2.47. The molecule has 2 rings (SSSR count). The Kier molecular flexibility index (Phi) is 3.03. The van der Waals surface area contributed by atoms with Crippen molar-refractivity contribution < 1.29 is 9.18 Å². The molecule has 1 aliphatic carbocycles. The molecule has 0 amide bonds. The molecule has 0 radical (unpaired) electrons. The minimum absolute atomic E-state index is 0.00546. The summed E-state index contributed by atoms with van der Waals surface area (Å²) in [5.41, 5.74) is 0.0750. The fourth-order valence-electron chi connectivity index (χ4n) is 1.47. The average molecular weight is 245 g/mol. The van der Waals surface area contributed by atoms with E-state index in [0.29, 0.717) is 4.90 Å². The van der Waals surface area contributed by atoms with Crippen molar-refractivity contribution in [1.82, 2.24) is 0 Å². The van der Waals surface area contributed by atoms with E-state index < -0.39 is 5.82 Å². The van der Waals surface area contributed by atoms with Gasteiger partial charge in [-0.1, -0.05) is 11.6 Å². The zero-order valence-electron chi connectivity index (χ0n) is 8.22. The first-order valence-electron chi connectivity index (χ1n) is 4.71. The predicted molar refractivity (Wildman–Crippen MR) is 60.2 cm³/mol. The van der Waals surface area contributed by atoms with Crippen LogP contribution in [-0.4, -0.2) is 12.0 Å². The van der Waals surface area contributed by atoms with Crippen LogP contribution in [0.15, 0.2) is 17.0 Å². The van der Waals surface area contributed by atoms with E-state index in [1.807, 2.05) is 0 Å². The molecule has 0 saturated heterocycles. The molecule has 0 aromatic heterocycles. The highest BCUT2D eigenvalue weighted by Crippen LogP contribution is 2.37. The summed E-state index contributed by atoms with van der Waals surface area (Å²) < 4.78 is 13.8. The highest BCUT2D eigenvalue weighted by Gasteiger charge is 2.33. The first-order chi connectivity index (χ1) is 7.15. The number of Topliss-reactive ketones (excluding diaryl/α,β-unsaturated/α-hetero) is 1. The van der Waals surface area contributed by atoms with Gasteiger partial charge in [0.15, 0.2) is 5.78 Å². The topological polar surface area (TPSA) is 17.1 Å². The minimum Gasteiger partial charge on any atom is -0.294 e. The Labute approximate surface area is 97.0 Å². The first kappa shape index (κ1) is 11.0. The number of ketones is 1. The number of carbonyl (C=O) groups is 1. The highest BCUT2D eigenvalue weighted by molar-refractivity contribution is 7.98. The second-order valence-corrected chi connectivity index (χ2v) is 4.83. The third kappa shape index (κ3) is 2.04. The minimum atomic E-state index is -0.466. The molecule has 0 heterocycles. The van der Waals surface area contributed by atoms with Crippen LogP contribution in [0.2, 0.25) is 5.02 Å². The van der Waals surface area contributed by atoms with E-state index in [9.17, 15) is 9.18 Å². The Morgan fingerprint density at radius 1 is 1.53 bits per heavy atom. The molecule has 4 heteroatoms. The Hall–Kier alpha value is -0.540. The van der Waals surface area contributed by atoms with Crippen LogP contribution in [0.5, 0.6) is 0 Å². The van der Waals surface area contributed by atoms with Crippen LogP contribution in [0.1, 0.15) is 23.2 Å². The summed E-state index contributed by atoms with van der Waals surface area (Å²) in [6, 6.07) is 3.19. The summed E-state index contributed by atoms with van der Waals surface area (Å²) in [5, 5.41) is 0.224. The van der Waals surface area contributed by atoms with Crippen LogP contribution in [-0.2, 0) is 0 Å². The van der Waals surface area contributed by atoms with Gasteiger partial charge in [-0.05, 0) is 31.2 Å².